The molecule has 0 fully saturated rings. The first-order valence-corrected chi connectivity index (χ1v) is 6.65. The second kappa shape index (κ2) is 4.76. The molecule has 2 aromatic heterocycles. The molecule has 3 aromatic rings. The van der Waals surface area contributed by atoms with Crippen LogP contribution >= 0.6 is 11.6 Å². The molecule has 102 valence electrons. The molecule has 1 N–H and O–H groups in total. The Bertz CT molecular complexity index is 794. The molecule has 0 spiro atoms. The molecule has 0 radical (unpaired) electrons. The van der Waals surface area contributed by atoms with E-state index in [1.54, 1.807) is 4.52 Å². The number of anilines is 2. The highest BCUT2D eigenvalue weighted by Crippen LogP contribution is 2.26. The van der Waals surface area contributed by atoms with Gasteiger partial charge < -0.3 is 5.32 Å². The van der Waals surface area contributed by atoms with Crippen LogP contribution in [0.5, 0.6) is 0 Å². The van der Waals surface area contributed by atoms with E-state index in [-0.39, 0.29) is 0 Å². The van der Waals surface area contributed by atoms with Crippen molar-refractivity contribution in [1.29, 1.82) is 0 Å². The number of benzene rings is 1. The number of nitrogens with one attached hydrogen (secondary N) is 1. The molecule has 0 aliphatic carbocycles. The SMILES string of the molecule is Cc1cc(Nc2cccc(Cl)c2C)n2nc(C)nc2n1. The van der Waals surface area contributed by atoms with Crippen LogP contribution in [-0.2, 0) is 0 Å². The Labute approximate surface area is 121 Å². The summed E-state index contributed by atoms with van der Waals surface area (Å²) in [5, 5.41) is 8.42. The molecule has 20 heavy (non-hydrogen) atoms. The fourth-order valence-corrected chi connectivity index (χ4v) is 2.23. The molecule has 0 bridgehead atoms. The van der Waals surface area contributed by atoms with Crippen molar-refractivity contribution in [3.63, 3.8) is 0 Å². The topological polar surface area (TPSA) is 55.1 Å². The van der Waals surface area contributed by atoms with E-state index in [0.717, 1.165) is 27.8 Å². The van der Waals surface area contributed by atoms with E-state index in [2.05, 4.69) is 20.4 Å². The standard InChI is InChI=1S/C14H14ClN5/c1-8-7-13(20-14(16-8)17-10(3)19-20)18-12-6-4-5-11(15)9(12)2/h4-7,18H,1-3H3. The summed E-state index contributed by atoms with van der Waals surface area (Å²) in [4.78, 5) is 8.65. The summed E-state index contributed by atoms with van der Waals surface area (Å²) in [6.45, 7) is 5.75. The quantitative estimate of drug-likeness (QED) is 0.784. The van der Waals surface area contributed by atoms with E-state index in [0.29, 0.717) is 11.6 Å². The zero-order chi connectivity index (χ0) is 14.3. The Balaban J connectivity index is 2.12. The average Bonchev–Trinajstić information content (AvgIpc) is 2.75. The molecule has 0 aliphatic heterocycles. The van der Waals surface area contributed by atoms with Crippen LogP contribution in [0.3, 0.4) is 0 Å². The van der Waals surface area contributed by atoms with Crippen molar-refractivity contribution in [2.75, 3.05) is 5.32 Å². The molecule has 3 rings (SSSR count). The van der Waals surface area contributed by atoms with Crippen LogP contribution in [0.15, 0.2) is 24.3 Å². The van der Waals surface area contributed by atoms with Crippen LogP contribution < -0.4 is 5.32 Å². The van der Waals surface area contributed by atoms with Crippen LogP contribution in [0.4, 0.5) is 11.5 Å². The Kier molecular flexibility index (Phi) is 3.06. The number of fused-ring (bicyclic) bond motifs is 1. The number of hydrogen-bond acceptors (Lipinski definition) is 4. The van der Waals surface area contributed by atoms with E-state index in [1.807, 2.05) is 45.0 Å². The highest BCUT2D eigenvalue weighted by Gasteiger charge is 2.09. The monoisotopic (exact) mass is 287 g/mol. The number of aryl methyl sites for hydroxylation is 2. The fourth-order valence-electron chi connectivity index (χ4n) is 2.06. The van der Waals surface area contributed by atoms with Gasteiger partial charge in [-0.05, 0) is 38.5 Å². The van der Waals surface area contributed by atoms with Gasteiger partial charge in [0.2, 0.25) is 0 Å². The van der Waals surface area contributed by atoms with Crippen molar-refractivity contribution >= 4 is 28.9 Å². The van der Waals surface area contributed by atoms with Crippen LogP contribution in [0.25, 0.3) is 5.78 Å². The van der Waals surface area contributed by atoms with Gasteiger partial charge in [0.05, 0.1) is 0 Å². The first-order chi connectivity index (χ1) is 9.54. The first kappa shape index (κ1) is 12.9. The molecule has 2 heterocycles. The highest BCUT2D eigenvalue weighted by atomic mass is 35.5. The molecule has 0 saturated carbocycles. The van der Waals surface area contributed by atoms with Gasteiger partial charge in [0.25, 0.3) is 5.78 Å². The van der Waals surface area contributed by atoms with Gasteiger partial charge >= 0.3 is 0 Å². The summed E-state index contributed by atoms with van der Waals surface area (Å²) < 4.78 is 1.70. The number of rotatable bonds is 2. The van der Waals surface area contributed by atoms with Crippen LogP contribution in [0, 0.1) is 20.8 Å². The smallest absolute Gasteiger partial charge is 0.254 e. The predicted octanol–water partition coefficient (Wildman–Crippen LogP) is 3.45. The molecule has 0 unspecified atom stereocenters. The molecule has 0 atom stereocenters. The van der Waals surface area contributed by atoms with E-state index in [9.17, 15) is 0 Å². The second-order valence-electron chi connectivity index (χ2n) is 4.69. The van der Waals surface area contributed by atoms with Gasteiger partial charge in [0.1, 0.15) is 11.6 Å². The Morgan fingerprint density at radius 1 is 1.15 bits per heavy atom. The second-order valence-corrected chi connectivity index (χ2v) is 5.10. The normalized spacial score (nSPS) is 11.0. The molecule has 6 heteroatoms. The minimum atomic E-state index is 0.588. The summed E-state index contributed by atoms with van der Waals surface area (Å²) in [5.74, 6) is 2.09. The van der Waals surface area contributed by atoms with Crippen molar-refractivity contribution in [1.82, 2.24) is 19.6 Å². The maximum atomic E-state index is 6.15. The van der Waals surface area contributed by atoms with Crippen LogP contribution in [0.2, 0.25) is 5.02 Å². The zero-order valence-electron chi connectivity index (χ0n) is 11.5. The first-order valence-electron chi connectivity index (χ1n) is 6.28. The van der Waals surface area contributed by atoms with E-state index >= 15 is 0 Å². The molecular weight excluding hydrogens is 274 g/mol. The van der Waals surface area contributed by atoms with Gasteiger partial charge in [0, 0.05) is 22.5 Å². The van der Waals surface area contributed by atoms with Gasteiger partial charge in [-0.3, -0.25) is 0 Å². The van der Waals surface area contributed by atoms with Gasteiger partial charge in [-0.2, -0.15) is 9.50 Å². The van der Waals surface area contributed by atoms with Crippen molar-refractivity contribution in [3.8, 4) is 0 Å². The summed E-state index contributed by atoms with van der Waals surface area (Å²) in [6.07, 6.45) is 0. The van der Waals surface area contributed by atoms with Crippen molar-refractivity contribution in [2.24, 2.45) is 0 Å². The molecule has 0 saturated heterocycles. The summed E-state index contributed by atoms with van der Waals surface area (Å²) in [7, 11) is 0. The third kappa shape index (κ3) is 2.20. The molecule has 5 nitrogen and oxygen atoms in total. The Hall–Kier alpha value is -2.14. The number of halogens is 1. The van der Waals surface area contributed by atoms with E-state index < -0.39 is 0 Å². The van der Waals surface area contributed by atoms with Gasteiger partial charge in [-0.15, -0.1) is 5.10 Å². The van der Waals surface area contributed by atoms with Crippen molar-refractivity contribution < 1.29 is 0 Å². The number of nitrogens with zero attached hydrogens (tertiary/aromatic N) is 4. The van der Waals surface area contributed by atoms with Gasteiger partial charge in [-0.25, -0.2) is 4.98 Å². The molecule has 0 aliphatic rings. The zero-order valence-corrected chi connectivity index (χ0v) is 12.2. The lowest BCUT2D eigenvalue weighted by Crippen LogP contribution is -2.03. The minimum Gasteiger partial charge on any atom is -0.340 e. The van der Waals surface area contributed by atoms with E-state index in [1.165, 1.54) is 0 Å². The third-order valence-electron chi connectivity index (χ3n) is 3.08. The Morgan fingerprint density at radius 3 is 2.75 bits per heavy atom. The highest BCUT2D eigenvalue weighted by molar-refractivity contribution is 6.31. The fraction of sp³-hybridized carbons (Fsp3) is 0.214. The largest absolute Gasteiger partial charge is 0.340 e. The summed E-state index contributed by atoms with van der Waals surface area (Å²) in [5.41, 5.74) is 2.82. The lowest BCUT2D eigenvalue weighted by atomic mass is 10.2. The maximum Gasteiger partial charge on any atom is 0.254 e. The van der Waals surface area contributed by atoms with Crippen LogP contribution in [0.1, 0.15) is 17.1 Å². The molecular formula is C14H14ClN5. The van der Waals surface area contributed by atoms with Crippen LogP contribution in [-0.4, -0.2) is 19.6 Å². The minimum absolute atomic E-state index is 0.588. The van der Waals surface area contributed by atoms with Gasteiger partial charge in [-0.1, -0.05) is 17.7 Å². The van der Waals surface area contributed by atoms with Crippen molar-refractivity contribution in [3.05, 3.63) is 46.4 Å². The number of hydrogen-bond donors (Lipinski definition) is 1. The Morgan fingerprint density at radius 2 is 1.95 bits per heavy atom. The lowest BCUT2D eigenvalue weighted by Gasteiger charge is -2.11. The predicted molar refractivity (Wildman–Crippen MR) is 79.7 cm³/mol. The maximum absolute atomic E-state index is 6.15. The van der Waals surface area contributed by atoms with Gasteiger partial charge in [0.15, 0.2) is 0 Å². The summed E-state index contributed by atoms with van der Waals surface area (Å²) in [6, 6.07) is 7.69. The van der Waals surface area contributed by atoms with Crippen molar-refractivity contribution in [2.45, 2.75) is 20.8 Å². The molecule has 1 aromatic carbocycles. The summed E-state index contributed by atoms with van der Waals surface area (Å²) >= 11 is 6.15. The average molecular weight is 288 g/mol. The molecule has 0 amide bonds. The lowest BCUT2D eigenvalue weighted by molar-refractivity contribution is 0.916. The number of aromatic nitrogens is 4. The third-order valence-corrected chi connectivity index (χ3v) is 3.49. The van der Waals surface area contributed by atoms with E-state index in [4.69, 9.17) is 11.6 Å².